The van der Waals surface area contributed by atoms with Gasteiger partial charge in [-0.3, -0.25) is 9.69 Å². The van der Waals surface area contributed by atoms with E-state index in [2.05, 4.69) is 4.90 Å². The molecule has 114 valence electrons. The first-order valence-electron chi connectivity index (χ1n) is 7.47. The van der Waals surface area contributed by atoms with E-state index in [0.29, 0.717) is 11.6 Å². The van der Waals surface area contributed by atoms with Crippen LogP contribution in [0.3, 0.4) is 0 Å². The molecule has 2 saturated heterocycles. The van der Waals surface area contributed by atoms with Crippen molar-refractivity contribution in [1.82, 2.24) is 9.80 Å². The quantitative estimate of drug-likeness (QED) is 0.838. The predicted molar refractivity (Wildman–Crippen MR) is 80.7 cm³/mol. The van der Waals surface area contributed by atoms with Crippen LogP contribution in [0, 0.1) is 5.82 Å². The molecule has 1 unspecified atom stereocenters. The average Bonchev–Trinajstić information content (AvgIpc) is 2.79. The molecule has 21 heavy (non-hydrogen) atoms. The van der Waals surface area contributed by atoms with Gasteiger partial charge in [0.05, 0.1) is 0 Å². The van der Waals surface area contributed by atoms with Crippen molar-refractivity contribution in [3.8, 4) is 0 Å². The molecule has 0 radical (unpaired) electrons. The number of nitrogens with zero attached hydrogens (tertiary/aromatic N) is 2. The summed E-state index contributed by atoms with van der Waals surface area (Å²) in [5, 5.41) is 0.408. The van der Waals surface area contributed by atoms with Gasteiger partial charge in [-0.1, -0.05) is 11.6 Å². The van der Waals surface area contributed by atoms with E-state index in [4.69, 9.17) is 11.6 Å². The van der Waals surface area contributed by atoms with Crippen LogP contribution in [0.25, 0.3) is 0 Å². The molecule has 1 atom stereocenters. The van der Waals surface area contributed by atoms with Crippen molar-refractivity contribution >= 4 is 17.5 Å². The van der Waals surface area contributed by atoms with Crippen LogP contribution in [-0.2, 0) is 11.3 Å². The predicted octanol–water partition coefficient (Wildman–Crippen LogP) is 3.07. The summed E-state index contributed by atoms with van der Waals surface area (Å²) in [6.45, 7) is 2.30. The van der Waals surface area contributed by atoms with Gasteiger partial charge in [0.2, 0.25) is 5.91 Å². The minimum atomic E-state index is -0.383. The van der Waals surface area contributed by atoms with Gasteiger partial charge in [0.25, 0.3) is 0 Å². The Morgan fingerprint density at radius 3 is 2.67 bits per heavy atom. The summed E-state index contributed by atoms with van der Waals surface area (Å²) < 4.78 is 13.5. The summed E-state index contributed by atoms with van der Waals surface area (Å²) in [5.74, 6) is -0.105. The zero-order valence-corrected chi connectivity index (χ0v) is 13.0. The van der Waals surface area contributed by atoms with Gasteiger partial charge in [0.1, 0.15) is 11.4 Å². The van der Waals surface area contributed by atoms with E-state index in [-0.39, 0.29) is 17.3 Å². The maximum atomic E-state index is 13.5. The second-order valence-corrected chi connectivity index (χ2v) is 6.60. The lowest BCUT2D eigenvalue weighted by atomic mass is 9.85. The molecule has 1 amide bonds. The van der Waals surface area contributed by atoms with E-state index in [1.807, 2.05) is 11.9 Å². The molecular formula is C16H20ClFN2O. The summed E-state index contributed by atoms with van der Waals surface area (Å²) in [5.41, 5.74) is 0.452. The van der Waals surface area contributed by atoms with Crippen LogP contribution in [0.15, 0.2) is 18.2 Å². The fourth-order valence-electron chi connectivity index (χ4n) is 3.79. The number of rotatable bonds is 2. The first-order chi connectivity index (χ1) is 10.0. The summed E-state index contributed by atoms with van der Waals surface area (Å²) in [6, 6.07) is 4.60. The van der Waals surface area contributed by atoms with Crippen molar-refractivity contribution in [3.05, 3.63) is 34.6 Å². The fraction of sp³-hybridized carbons (Fsp3) is 0.562. The van der Waals surface area contributed by atoms with Crippen molar-refractivity contribution in [3.63, 3.8) is 0 Å². The molecule has 0 N–H and O–H groups in total. The van der Waals surface area contributed by atoms with Gasteiger partial charge in [-0.15, -0.1) is 0 Å². The lowest BCUT2D eigenvalue weighted by molar-refractivity contribution is -0.146. The summed E-state index contributed by atoms with van der Waals surface area (Å²) in [4.78, 5) is 16.7. The molecule has 0 aromatic heterocycles. The lowest BCUT2D eigenvalue weighted by Crippen LogP contribution is -2.58. The first kappa shape index (κ1) is 14.8. The fourth-order valence-corrected chi connectivity index (χ4v) is 4.03. The van der Waals surface area contributed by atoms with E-state index in [0.717, 1.165) is 44.3 Å². The van der Waals surface area contributed by atoms with Crippen LogP contribution in [0.2, 0.25) is 5.02 Å². The lowest BCUT2D eigenvalue weighted by Gasteiger charge is -2.43. The third kappa shape index (κ3) is 2.67. The topological polar surface area (TPSA) is 23.6 Å². The largest absolute Gasteiger partial charge is 0.344 e. The van der Waals surface area contributed by atoms with E-state index in [1.54, 1.807) is 6.07 Å². The van der Waals surface area contributed by atoms with Gasteiger partial charge in [-0.05, 0) is 56.0 Å². The SMILES string of the molecule is CN1CCCC2(CCCN2Cc2cc(F)cc(Cl)c2)C1=O. The normalized spacial score (nSPS) is 26.8. The van der Waals surface area contributed by atoms with Crippen molar-refractivity contribution in [2.75, 3.05) is 20.1 Å². The minimum absolute atomic E-state index is 0.216. The Labute approximate surface area is 129 Å². The third-order valence-electron chi connectivity index (χ3n) is 4.75. The van der Waals surface area contributed by atoms with E-state index in [1.165, 1.54) is 12.1 Å². The summed E-state index contributed by atoms with van der Waals surface area (Å²) >= 11 is 5.93. The minimum Gasteiger partial charge on any atom is -0.344 e. The molecule has 2 fully saturated rings. The standard InChI is InChI=1S/C16H20ClFN2O/c1-19-6-2-4-16(15(19)21)5-3-7-20(16)11-12-8-13(17)10-14(18)9-12/h8-10H,2-7,11H2,1H3. The van der Waals surface area contributed by atoms with Crippen molar-refractivity contribution < 1.29 is 9.18 Å². The van der Waals surface area contributed by atoms with E-state index < -0.39 is 0 Å². The van der Waals surface area contributed by atoms with Gasteiger partial charge >= 0.3 is 0 Å². The zero-order valence-electron chi connectivity index (χ0n) is 12.2. The number of hydrogen-bond acceptors (Lipinski definition) is 2. The second-order valence-electron chi connectivity index (χ2n) is 6.16. The molecular weight excluding hydrogens is 291 g/mol. The van der Waals surface area contributed by atoms with Crippen molar-refractivity contribution in [2.24, 2.45) is 0 Å². The Balaban J connectivity index is 1.85. The molecule has 2 heterocycles. The van der Waals surface area contributed by atoms with Crippen molar-refractivity contribution in [2.45, 2.75) is 37.8 Å². The number of carbonyl (C=O) groups is 1. The molecule has 1 aromatic carbocycles. The number of hydrogen-bond donors (Lipinski definition) is 0. The number of halogens is 2. The second kappa shape index (κ2) is 5.58. The van der Waals surface area contributed by atoms with Gasteiger partial charge in [0, 0.05) is 25.2 Å². The van der Waals surface area contributed by atoms with Crippen molar-refractivity contribution in [1.29, 1.82) is 0 Å². The highest BCUT2D eigenvalue weighted by molar-refractivity contribution is 6.30. The number of benzene rings is 1. The zero-order chi connectivity index (χ0) is 15.0. The molecule has 0 saturated carbocycles. The number of likely N-dealkylation sites (tertiary alicyclic amines) is 2. The average molecular weight is 311 g/mol. The highest BCUT2D eigenvalue weighted by Crippen LogP contribution is 2.38. The van der Waals surface area contributed by atoms with E-state index in [9.17, 15) is 9.18 Å². The smallest absolute Gasteiger partial charge is 0.242 e. The Hall–Kier alpha value is -1.13. The summed E-state index contributed by atoms with van der Waals surface area (Å²) in [6.07, 6.45) is 3.85. The number of piperidine rings is 1. The van der Waals surface area contributed by atoms with Crippen LogP contribution in [0.5, 0.6) is 0 Å². The number of carbonyl (C=O) groups excluding carboxylic acids is 1. The van der Waals surface area contributed by atoms with E-state index >= 15 is 0 Å². The van der Waals surface area contributed by atoms with Crippen LogP contribution in [-0.4, -0.2) is 41.4 Å². The molecule has 0 aliphatic carbocycles. The van der Waals surface area contributed by atoms with Crippen LogP contribution >= 0.6 is 11.6 Å². The highest BCUT2D eigenvalue weighted by atomic mass is 35.5. The third-order valence-corrected chi connectivity index (χ3v) is 4.97. The highest BCUT2D eigenvalue weighted by Gasteiger charge is 2.49. The van der Waals surface area contributed by atoms with Gasteiger partial charge in [-0.25, -0.2) is 4.39 Å². The maximum Gasteiger partial charge on any atom is 0.242 e. The molecule has 0 bridgehead atoms. The van der Waals surface area contributed by atoms with Crippen LogP contribution < -0.4 is 0 Å². The van der Waals surface area contributed by atoms with Crippen LogP contribution in [0.1, 0.15) is 31.2 Å². The van der Waals surface area contributed by atoms with Gasteiger partial charge < -0.3 is 4.90 Å². The Morgan fingerprint density at radius 1 is 1.24 bits per heavy atom. The molecule has 2 aliphatic rings. The van der Waals surface area contributed by atoms with Crippen LogP contribution in [0.4, 0.5) is 4.39 Å². The molecule has 3 nitrogen and oxygen atoms in total. The Bertz CT molecular complexity index is 545. The Kier molecular flexibility index (Phi) is 3.93. The molecule has 5 heteroatoms. The maximum absolute atomic E-state index is 13.5. The van der Waals surface area contributed by atoms with Gasteiger partial charge in [-0.2, -0.15) is 0 Å². The molecule has 3 rings (SSSR count). The first-order valence-corrected chi connectivity index (χ1v) is 7.85. The molecule has 1 spiro atoms. The number of amides is 1. The Morgan fingerprint density at radius 2 is 1.95 bits per heavy atom. The molecule has 1 aromatic rings. The monoisotopic (exact) mass is 310 g/mol. The summed E-state index contributed by atoms with van der Waals surface area (Å²) in [7, 11) is 1.87. The van der Waals surface area contributed by atoms with Gasteiger partial charge in [0.15, 0.2) is 0 Å². The number of likely N-dealkylation sites (N-methyl/N-ethyl adjacent to an activating group) is 1. The molecule has 2 aliphatic heterocycles.